The number of benzene rings is 2. The average Bonchev–Trinajstić information content (AvgIpc) is 2.60. The van der Waals surface area contributed by atoms with Crippen molar-refractivity contribution in [3.05, 3.63) is 54.1 Å². The normalized spacial score (nSPS) is 9.92. The zero-order valence-corrected chi connectivity index (χ0v) is 13.7. The van der Waals surface area contributed by atoms with Crippen LogP contribution in [0.1, 0.15) is 5.56 Å². The summed E-state index contributed by atoms with van der Waals surface area (Å²) in [6, 6.07) is 14.3. The second-order valence-corrected chi connectivity index (χ2v) is 5.10. The summed E-state index contributed by atoms with van der Waals surface area (Å²) >= 11 is 0. The molecule has 2 N–H and O–H groups in total. The van der Waals surface area contributed by atoms with Crippen LogP contribution in [0.25, 0.3) is 0 Å². The number of methoxy groups -OCH3 is 1. The van der Waals surface area contributed by atoms with Crippen LogP contribution in [0.15, 0.2) is 48.5 Å². The standard InChI is InChI=1S/C18H20N2O4/c1-13-5-3-4-6-16(13)20-17(21)11-19-18(22)12-24-15-9-7-14(23-2)8-10-15/h3-10H,11-12H2,1-2H3,(H,19,22)(H,20,21). The molecule has 0 saturated carbocycles. The highest BCUT2D eigenvalue weighted by Gasteiger charge is 2.08. The van der Waals surface area contributed by atoms with Gasteiger partial charge in [0.15, 0.2) is 6.61 Å². The number of carbonyl (C=O) groups excluding carboxylic acids is 2. The van der Waals surface area contributed by atoms with Crippen LogP contribution >= 0.6 is 0 Å². The molecule has 2 aromatic carbocycles. The van der Waals surface area contributed by atoms with Gasteiger partial charge in [-0.15, -0.1) is 0 Å². The third kappa shape index (κ3) is 5.31. The molecule has 0 bridgehead atoms. The lowest BCUT2D eigenvalue weighted by atomic mass is 10.2. The van der Waals surface area contributed by atoms with Crippen LogP contribution in [0.4, 0.5) is 5.69 Å². The van der Waals surface area contributed by atoms with E-state index in [4.69, 9.17) is 9.47 Å². The summed E-state index contributed by atoms with van der Waals surface area (Å²) in [5, 5.41) is 5.26. The van der Waals surface area contributed by atoms with Gasteiger partial charge in [-0.2, -0.15) is 0 Å². The van der Waals surface area contributed by atoms with E-state index in [1.54, 1.807) is 31.4 Å². The van der Waals surface area contributed by atoms with Gasteiger partial charge in [0.2, 0.25) is 5.91 Å². The largest absolute Gasteiger partial charge is 0.497 e. The van der Waals surface area contributed by atoms with Gasteiger partial charge in [0.05, 0.1) is 13.7 Å². The Kier molecular flexibility index (Phi) is 6.19. The first-order valence-electron chi connectivity index (χ1n) is 7.47. The summed E-state index contributed by atoms with van der Waals surface area (Å²) in [5.41, 5.74) is 1.69. The van der Waals surface area contributed by atoms with Gasteiger partial charge in [-0.25, -0.2) is 0 Å². The number of anilines is 1. The summed E-state index contributed by atoms with van der Waals surface area (Å²) < 4.78 is 10.4. The molecule has 0 heterocycles. The van der Waals surface area contributed by atoms with Crippen molar-refractivity contribution in [1.82, 2.24) is 5.32 Å². The predicted octanol–water partition coefficient (Wildman–Crippen LogP) is 2.14. The van der Waals surface area contributed by atoms with Crippen molar-refractivity contribution < 1.29 is 19.1 Å². The van der Waals surface area contributed by atoms with E-state index in [9.17, 15) is 9.59 Å². The number of hydrogen-bond acceptors (Lipinski definition) is 4. The van der Waals surface area contributed by atoms with E-state index in [1.807, 2.05) is 31.2 Å². The molecular formula is C18H20N2O4. The van der Waals surface area contributed by atoms with Gasteiger partial charge >= 0.3 is 0 Å². The van der Waals surface area contributed by atoms with Crippen molar-refractivity contribution >= 4 is 17.5 Å². The molecule has 6 heteroatoms. The van der Waals surface area contributed by atoms with Crippen LogP contribution in [0.2, 0.25) is 0 Å². The molecule has 0 aliphatic heterocycles. The average molecular weight is 328 g/mol. The molecule has 24 heavy (non-hydrogen) atoms. The molecule has 0 unspecified atom stereocenters. The van der Waals surface area contributed by atoms with Crippen molar-refractivity contribution in [2.75, 3.05) is 25.6 Å². The first-order valence-corrected chi connectivity index (χ1v) is 7.47. The third-order valence-electron chi connectivity index (χ3n) is 3.29. The molecule has 0 atom stereocenters. The number of carbonyl (C=O) groups is 2. The minimum atomic E-state index is -0.370. The Labute approximate surface area is 140 Å². The van der Waals surface area contributed by atoms with Gasteiger partial charge in [-0.05, 0) is 42.8 Å². The molecule has 6 nitrogen and oxygen atoms in total. The minimum Gasteiger partial charge on any atom is -0.497 e. The second-order valence-electron chi connectivity index (χ2n) is 5.10. The molecule has 0 aliphatic rings. The Morgan fingerprint density at radius 3 is 2.29 bits per heavy atom. The molecule has 0 radical (unpaired) electrons. The molecular weight excluding hydrogens is 308 g/mol. The van der Waals surface area contributed by atoms with E-state index in [0.29, 0.717) is 11.5 Å². The predicted molar refractivity (Wildman–Crippen MR) is 91.3 cm³/mol. The second kappa shape index (κ2) is 8.57. The monoisotopic (exact) mass is 328 g/mol. The molecule has 0 aromatic heterocycles. The van der Waals surface area contributed by atoms with Gasteiger partial charge in [0, 0.05) is 5.69 Å². The van der Waals surface area contributed by atoms with Crippen LogP contribution in [0, 0.1) is 6.92 Å². The molecule has 0 fully saturated rings. The van der Waals surface area contributed by atoms with E-state index >= 15 is 0 Å². The Bertz CT molecular complexity index is 698. The van der Waals surface area contributed by atoms with Gasteiger partial charge in [0.1, 0.15) is 11.5 Å². The van der Waals surface area contributed by atoms with Crippen LogP contribution in [0.5, 0.6) is 11.5 Å². The SMILES string of the molecule is COc1ccc(OCC(=O)NCC(=O)Nc2ccccc2C)cc1. The van der Waals surface area contributed by atoms with Crippen LogP contribution < -0.4 is 20.1 Å². The van der Waals surface area contributed by atoms with E-state index in [0.717, 1.165) is 11.3 Å². The number of amides is 2. The quantitative estimate of drug-likeness (QED) is 0.816. The summed E-state index contributed by atoms with van der Waals surface area (Å²) in [7, 11) is 1.57. The Morgan fingerprint density at radius 2 is 1.62 bits per heavy atom. The highest BCUT2D eigenvalue weighted by molar-refractivity contribution is 5.95. The van der Waals surface area contributed by atoms with Crippen molar-refractivity contribution in [2.45, 2.75) is 6.92 Å². The number of ether oxygens (including phenoxy) is 2. The maximum atomic E-state index is 11.8. The first kappa shape index (κ1) is 17.3. The third-order valence-corrected chi connectivity index (χ3v) is 3.29. The fourth-order valence-corrected chi connectivity index (χ4v) is 1.96. The molecule has 2 amide bonds. The summed E-state index contributed by atoms with van der Waals surface area (Å²) in [6.07, 6.45) is 0. The summed E-state index contributed by atoms with van der Waals surface area (Å²) in [5.74, 6) is 0.600. The van der Waals surface area contributed by atoms with Crippen LogP contribution in [-0.2, 0) is 9.59 Å². The van der Waals surface area contributed by atoms with Gasteiger partial charge in [-0.1, -0.05) is 18.2 Å². The fourth-order valence-electron chi connectivity index (χ4n) is 1.96. The first-order chi connectivity index (χ1) is 11.6. The van der Waals surface area contributed by atoms with E-state index in [2.05, 4.69) is 10.6 Å². The molecule has 0 aliphatic carbocycles. The number of rotatable bonds is 7. The topological polar surface area (TPSA) is 76.7 Å². The minimum absolute atomic E-state index is 0.112. The van der Waals surface area contributed by atoms with E-state index < -0.39 is 0 Å². The van der Waals surface area contributed by atoms with Crippen LogP contribution in [-0.4, -0.2) is 32.1 Å². The number of aryl methyl sites for hydroxylation is 1. The highest BCUT2D eigenvalue weighted by atomic mass is 16.5. The molecule has 0 spiro atoms. The Morgan fingerprint density at radius 1 is 0.958 bits per heavy atom. The number of para-hydroxylation sites is 1. The maximum absolute atomic E-state index is 11.8. The van der Waals surface area contributed by atoms with Gasteiger partial charge in [-0.3, -0.25) is 9.59 Å². The van der Waals surface area contributed by atoms with Crippen molar-refractivity contribution in [2.24, 2.45) is 0 Å². The number of hydrogen-bond donors (Lipinski definition) is 2. The zero-order chi connectivity index (χ0) is 17.4. The molecule has 0 saturated heterocycles. The van der Waals surface area contributed by atoms with Crippen LogP contribution in [0.3, 0.4) is 0 Å². The fraction of sp³-hybridized carbons (Fsp3) is 0.222. The lowest BCUT2D eigenvalue weighted by molar-refractivity contribution is -0.125. The molecule has 2 rings (SSSR count). The lowest BCUT2D eigenvalue weighted by Gasteiger charge is -2.10. The Balaban J connectivity index is 1.72. The van der Waals surface area contributed by atoms with Crippen molar-refractivity contribution in [3.63, 3.8) is 0 Å². The van der Waals surface area contributed by atoms with Crippen molar-refractivity contribution in [3.8, 4) is 11.5 Å². The van der Waals surface area contributed by atoms with Crippen molar-refractivity contribution in [1.29, 1.82) is 0 Å². The maximum Gasteiger partial charge on any atom is 0.258 e. The zero-order valence-electron chi connectivity index (χ0n) is 13.7. The summed E-state index contributed by atoms with van der Waals surface area (Å²) in [4.78, 5) is 23.6. The smallest absolute Gasteiger partial charge is 0.258 e. The summed E-state index contributed by atoms with van der Waals surface area (Å²) in [6.45, 7) is 1.63. The van der Waals surface area contributed by atoms with Gasteiger partial charge in [0.25, 0.3) is 5.91 Å². The van der Waals surface area contributed by atoms with E-state index in [-0.39, 0.29) is 25.0 Å². The Hall–Kier alpha value is -3.02. The number of nitrogens with one attached hydrogen (secondary N) is 2. The molecule has 2 aromatic rings. The van der Waals surface area contributed by atoms with E-state index in [1.165, 1.54) is 0 Å². The highest BCUT2D eigenvalue weighted by Crippen LogP contribution is 2.16. The molecule has 126 valence electrons. The van der Waals surface area contributed by atoms with Gasteiger partial charge < -0.3 is 20.1 Å². The lowest BCUT2D eigenvalue weighted by Crippen LogP contribution is -2.35.